The Hall–Kier alpha value is -0.243. The van der Waals surface area contributed by atoms with Crippen LogP contribution in [0.3, 0.4) is 0 Å². The van der Waals surface area contributed by atoms with Crippen molar-refractivity contribution in [3.05, 3.63) is 11.9 Å². The third kappa shape index (κ3) is 5.91. The smallest absolute Gasteiger partial charge is 0.0766 e. The van der Waals surface area contributed by atoms with Crippen LogP contribution in [-0.2, 0) is 0 Å². The van der Waals surface area contributed by atoms with E-state index in [9.17, 15) is 0 Å². The predicted molar refractivity (Wildman–Crippen MR) is 64.6 cm³/mol. The van der Waals surface area contributed by atoms with Crippen molar-refractivity contribution in [2.24, 2.45) is 0 Å². The zero-order valence-electron chi connectivity index (χ0n) is 9.93. The van der Waals surface area contributed by atoms with E-state index in [4.69, 9.17) is 0 Å². The monoisotopic (exact) mass is 199 g/mol. The van der Waals surface area contributed by atoms with Crippen molar-refractivity contribution in [1.29, 1.82) is 0 Å². The summed E-state index contributed by atoms with van der Waals surface area (Å²) < 4.78 is 0. The molecule has 0 aromatic rings. The van der Waals surface area contributed by atoms with Crippen molar-refractivity contribution in [2.75, 3.05) is 14.1 Å². The van der Waals surface area contributed by atoms with E-state index in [0.29, 0.717) is 0 Å². The minimum Gasteiger partial charge on any atom is -0.384 e. The minimum absolute atomic E-state index is 1.03. The quantitative estimate of drug-likeness (QED) is 0.592. The Morgan fingerprint density at radius 2 is 1.54 bits per heavy atom. The van der Waals surface area contributed by atoms with Gasteiger partial charge in [0.05, 0.1) is 8.07 Å². The highest BCUT2D eigenvalue weighted by molar-refractivity contribution is 6.83. The van der Waals surface area contributed by atoms with Crippen molar-refractivity contribution in [2.45, 2.75) is 45.3 Å². The third-order valence-corrected chi connectivity index (χ3v) is 6.66. The summed E-state index contributed by atoms with van der Waals surface area (Å²) in [6.07, 6.45) is 4.92. The lowest BCUT2D eigenvalue weighted by atomic mass is 10.6. The van der Waals surface area contributed by atoms with Gasteiger partial charge in [-0.2, -0.15) is 0 Å². The molecule has 0 aromatic heterocycles. The minimum atomic E-state index is -1.03. The van der Waals surface area contributed by atoms with E-state index in [1.165, 1.54) is 24.9 Å². The molecule has 0 spiro atoms. The summed E-state index contributed by atoms with van der Waals surface area (Å²) in [4.78, 5) is 2.15. The molecule has 2 heteroatoms. The highest BCUT2D eigenvalue weighted by atomic mass is 28.3. The van der Waals surface area contributed by atoms with Gasteiger partial charge < -0.3 is 4.90 Å². The molecular weight excluding hydrogens is 174 g/mol. The summed E-state index contributed by atoms with van der Waals surface area (Å²) in [5, 5.41) is 0. The van der Waals surface area contributed by atoms with Gasteiger partial charge in [-0.05, 0) is 6.20 Å². The van der Waals surface area contributed by atoms with Gasteiger partial charge in [-0.15, -0.1) is 0 Å². The van der Waals surface area contributed by atoms with Gasteiger partial charge in [0.15, 0.2) is 0 Å². The molecule has 0 bridgehead atoms. The molecule has 0 rings (SSSR count). The normalized spacial score (nSPS) is 12.4. The maximum atomic E-state index is 2.50. The number of hydrogen-bond acceptors (Lipinski definition) is 1. The van der Waals surface area contributed by atoms with Gasteiger partial charge in [0.1, 0.15) is 0 Å². The second-order valence-corrected chi connectivity index (χ2v) is 9.07. The Morgan fingerprint density at radius 1 is 1.08 bits per heavy atom. The summed E-state index contributed by atoms with van der Waals surface area (Å²) in [5.74, 6) is 0. The Balaban J connectivity index is 4.21. The molecule has 0 saturated carbocycles. The summed E-state index contributed by atoms with van der Waals surface area (Å²) in [7, 11) is 3.17. The Kier molecular flexibility index (Phi) is 6.13. The summed E-state index contributed by atoms with van der Waals surface area (Å²) in [6.45, 7) is 7.09. The standard InChI is InChI=1S/C11H25NSi/c1-6-9-13(5,10-7-2)11-8-12(3)4/h8,11H,6-7,9-10H2,1-5H3. The lowest BCUT2D eigenvalue weighted by molar-refractivity contribution is 0.564. The van der Waals surface area contributed by atoms with Crippen molar-refractivity contribution in [3.8, 4) is 0 Å². The molecule has 0 N–H and O–H groups in total. The number of hydrogen-bond donors (Lipinski definition) is 0. The molecule has 13 heavy (non-hydrogen) atoms. The van der Waals surface area contributed by atoms with E-state index in [1.54, 1.807) is 0 Å². The van der Waals surface area contributed by atoms with Crippen LogP contribution >= 0.6 is 0 Å². The average molecular weight is 199 g/mol. The molecule has 0 saturated heterocycles. The van der Waals surface area contributed by atoms with Gasteiger partial charge in [0.25, 0.3) is 0 Å². The second-order valence-electron chi connectivity index (χ2n) is 4.43. The van der Waals surface area contributed by atoms with Gasteiger partial charge in [-0.3, -0.25) is 0 Å². The molecule has 0 aliphatic heterocycles. The van der Waals surface area contributed by atoms with E-state index >= 15 is 0 Å². The van der Waals surface area contributed by atoms with Gasteiger partial charge >= 0.3 is 0 Å². The fourth-order valence-electron chi connectivity index (χ4n) is 1.76. The van der Waals surface area contributed by atoms with Gasteiger partial charge in [0, 0.05) is 14.1 Å². The summed E-state index contributed by atoms with van der Waals surface area (Å²) >= 11 is 0. The summed E-state index contributed by atoms with van der Waals surface area (Å²) in [6, 6.07) is 2.87. The van der Waals surface area contributed by atoms with Crippen LogP contribution in [0.15, 0.2) is 11.9 Å². The molecule has 0 aliphatic rings. The third-order valence-electron chi connectivity index (χ3n) is 2.42. The molecule has 0 aromatic carbocycles. The van der Waals surface area contributed by atoms with Crippen LogP contribution < -0.4 is 0 Å². The van der Waals surface area contributed by atoms with Crippen molar-refractivity contribution >= 4 is 8.07 Å². The first kappa shape index (κ1) is 12.8. The van der Waals surface area contributed by atoms with Crippen molar-refractivity contribution in [1.82, 2.24) is 4.90 Å². The molecule has 0 unspecified atom stereocenters. The fraction of sp³-hybridized carbons (Fsp3) is 0.818. The number of nitrogens with zero attached hydrogens (tertiary/aromatic N) is 1. The van der Waals surface area contributed by atoms with E-state index in [0.717, 1.165) is 0 Å². The lowest BCUT2D eigenvalue weighted by Crippen LogP contribution is -2.27. The van der Waals surface area contributed by atoms with Crippen LogP contribution in [0, 0.1) is 0 Å². The van der Waals surface area contributed by atoms with Crippen LogP contribution in [0.5, 0.6) is 0 Å². The van der Waals surface area contributed by atoms with E-state index in [1.807, 2.05) is 0 Å². The number of rotatable bonds is 6. The fourth-order valence-corrected chi connectivity index (χ4v) is 5.29. The molecule has 1 nitrogen and oxygen atoms in total. The molecule has 0 atom stereocenters. The zero-order valence-corrected chi connectivity index (χ0v) is 10.9. The highest BCUT2D eigenvalue weighted by Crippen LogP contribution is 2.20. The highest BCUT2D eigenvalue weighted by Gasteiger charge is 2.21. The van der Waals surface area contributed by atoms with E-state index < -0.39 is 8.07 Å². The molecule has 78 valence electrons. The second kappa shape index (κ2) is 6.25. The van der Waals surface area contributed by atoms with Crippen LogP contribution in [-0.4, -0.2) is 27.1 Å². The van der Waals surface area contributed by atoms with Crippen LogP contribution in [0.25, 0.3) is 0 Å². The first-order valence-corrected chi connectivity index (χ1v) is 8.39. The first-order valence-electron chi connectivity index (χ1n) is 5.40. The molecule has 0 aliphatic carbocycles. The maximum Gasteiger partial charge on any atom is 0.0766 e. The predicted octanol–water partition coefficient (Wildman–Crippen LogP) is 3.50. The average Bonchev–Trinajstić information content (AvgIpc) is 2.02. The Morgan fingerprint density at radius 3 is 1.85 bits per heavy atom. The van der Waals surface area contributed by atoms with E-state index in [2.05, 4.69) is 51.3 Å². The Labute approximate surface area is 84.8 Å². The largest absolute Gasteiger partial charge is 0.384 e. The molecule has 0 radical (unpaired) electrons. The van der Waals surface area contributed by atoms with Crippen molar-refractivity contribution in [3.63, 3.8) is 0 Å². The van der Waals surface area contributed by atoms with Gasteiger partial charge in [0.2, 0.25) is 0 Å². The SMILES string of the molecule is CCC[Si](C)(C=CN(C)C)CCC. The van der Waals surface area contributed by atoms with E-state index in [-0.39, 0.29) is 0 Å². The van der Waals surface area contributed by atoms with Crippen LogP contribution in [0.2, 0.25) is 18.6 Å². The van der Waals surface area contributed by atoms with Gasteiger partial charge in [-0.1, -0.05) is 51.0 Å². The Bertz CT molecular complexity index is 146. The van der Waals surface area contributed by atoms with Crippen LogP contribution in [0.1, 0.15) is 26.7 Å². The molecule has 0 fully saturated rings. The lowest BCUT2D eigenvalue weighted by Gasteiger charge is -2.23. The molecule has 0 heterocycles. The van der Waals surface area contributed by atoms with Gasteiger partial charge in [-0.25, -0.2) is 0 Å². The summed E-state index contributed by atoms with van der Waals surface area (Å²) in [5.41, 5.74) is 2.50. The van der Waals surface area contributed by atoms with Crippen molar-refractivity contribution < 1.29 is 0 Å². The zero-order chi connectivity index (χ0) is 10.3. The van der Waals surface area contributed by atoms with Crippen LogP contribution in [0.4, 0.5) is 0 Å². The molecule has 0 amide bonds. The topological polar surface area (TPSA) is 3.24 Å². The maximum absolute atomic E-state index is 2.50. The first-order chi connectivity index (χ1) is 6.04. The molecular formula is C11H25NSi.